The van der Waals surface area contributed by atoms with Gasteiger partial charge in [-0.3, -0.25) is 5.01 Å². The lowest BCUT2D eigenvalue weighted by Gasteiger charge is -2.11. The quantitative estimate of drug-likeness (QED) is 0.382. The van der Waals surface area contributed by atoms with Crippen molar-refractivity contribution in [3.8, 4) is 5.75 Å². The fourth-order valence-corrected chi connectivity index (χ4v) is 1.83. The van der Waals surface area contributed by atoms with E-state index >= 15 is 0 Å². The van der Waals surface area contributed by atoms with Crippen LogP contribution in [0.2, 0.25) is 0 Å². The summed E-state index contributed by atoms with van der Waals surface area (Å²) in [4.78, 5) is 0. The molecule has 1 aromatic rings. The van der Waals surface area contributed by atoms with Crippen molar-refractivity contribution in [1.82, 2.24) is 5.01 Å². The van der Waals surface area contributed by atoms with Gasteiger partial charge in [0.05, 0.1) is 12.3 Å². The molecule has 0 aromatic heterocycles. The first-order valence-corrected chi connectivity index (χ1v) is 7.80. The number of ether oxygens (including phenoxy) is 1. The lowest BCUT2D eigenvalue weighted by Crippen LogP contribution is -2.14. The SMILES string of the molecule is CCN(CC)N=Nc1ccc(OCCCCCCO)cc1. The Morgan fingerprint density at radius 2 is 1.67 bits per heavy atom. The molecule has 0 fully saturated rings. The molecule has 0 unspecified atom stereocenters. The molecule has 5 nitrogen and oxygen atoms in total. The lowest BCUT2D eigenvalue weighted by molar-refractivity contribution is 0.273. The number of nitrogens with zero attached hydrogens (tertiary/aromatic N) is 3. The molecule has 0 aliphatic carbocycles. The van der Waals surface area contributed by atoms with Crippen molar-refractivity contribution in [3.05, 3.63) is 24.3 Å². The van der Waals surface area contributed by atoms with E-state index in [1.807, 2.05) is 29.3 Å². The highest BCUT2D eigenvalue weighted by atomic mass is 16.5. The Labute approximate surface area is 127 Å². The third-order valence-corrected chi connectivity index (χ3v) is 3.17. The van der Waals surface area contributed by atoms with Crippen LogP contribution in [0, 0.1) is 0 Å². The zero-order valence-corrected chi connectivity index (χ0v) is 13.2. The summed E-state index contributed by atoms with van der Waals surface area (Å²) in [5.41, 5.74) is 0.831. The summed E-state index contributed by atoms with van der Waals surface area (Å²) in [7, 11) is 0. The molecule has 0 spiro atoms. The molecule has 0 amide bonds. The molecule has 1 rings (SSSR count). The van der Waals surface area contributed by atoms with E-state index in [4.69, 9.17) is 9.84 Å². The van der Waals surface area contributed by atoms with Gasteiger partial charge in [-0.15, -0.1) is 5.11 Å². The zero-order chi connectivity index (χ0) is 15.3. The molecule has 0 atom stereocenters. The maximum absolute atomic E-state index is 8.69. The normalized spacial score (nSPS) is 11.0. The molecule has 0 saturated heterocycles. The van der Waals surface area contributed by atoms with Crippen LogP contribution >= 0.6 is 0 Å². The average Bonchev–Trinajstić information content (AvgIpc) is 2.53. The Kier molecular flexibility index (Phi) is 9.20. The number of hydrogen-bond donors (Lipinski definition) is 1. The summed E-state index contributed by atoms with van der Waals surface area (Å²) in [5.74, 6) is 0.860. The smallest absolute Gasteiger partial charge is 0.119 e. The van der Waals surface area contributed by atoms with Gasteiger partial charge in [0.2, 0.25) is 0 Å². The molecule has 0 saturated carbocycles. The first-order valence-electron chi connectivity index (χ1n) is 7.80. The third-order valence-electron chi connectivity index (χ3n) is 3.17. The maximum Gasteiger partial charge on any atom is 0.119 e. The fraction of sp³-hybridized carbons (Fsp3) is 0.625. The summed E-state index contributed by atoms with van der Waals surface area (Å²) in [6.45, 7) is 6.82. The molecule has 1 N–H and O–H groups in total. The van der Waals surface area contributed by atoms with Gasteiger partial charge in [-0.2, -0.15) is 0 Å². The summed E-state index contributed by atoms with van der Waals surface area (Å²) in [6, 6.07) is 7.66. The number of rotatable bonds is 11. The number of aliphatic hydroxyl groups is 1. The minimum Gasteiger partial charge on any atom is -0.494 e. The molecule has 0 aliphatic heterocycles. The molecule has 0 radical (unpaired) electrons. The Hall–Kier alpha value is -1.62. The minimum atomic E-state index is 0.282. The van der Waals surface area contributed by atoms with Crippen LogP contribution in [0.1, 0.15) is 39.5 Å². The predicted molar refractivity (Wildman–Crippen MR) is 84.9 cm³/mol. The number of benzene rings is 1. The average molecular weight is 293 g/mol. The summed E-state index contributed by atoms with van der Waals surface area (Å²) < 4.78 is 5.66. The van der Waals surface area contributed by atoms with Gasteiger partial charge in [-0.1, -0.05) is 11.6 Å². The molecular weight excluding hydrogens is 266 g/mol. The zero-order valence-electron chi connectivity index (χ0n) is 13.2. The van der Waals surface area contributed by atoms with E-state index < -0.39 is 0 Å². The van der Waals surface area contributed by atoms with Crippen LogP contribution < -0.4 is 4.74 Å². The van der Waals surface area contributed by atoms with Gasteiger partial charge >= 0.3 is 0 Å². The largest absolute Gasteiger partial charge is 0.494 e. The highest BCUT2D eigenvalue weighted by Gasteiger charge is 1.97. The van der Waals surface area contributed by atoms with Gasteiger partial charge in [0.1, 0.15) is 5.75 Å². The third kappa shape index (κ3) is 7.66. The number of aliphatic hydroxyl groups excluding tert-OH is 1. The van der Waals surface area contributed by atoms with Crippen molar-refractivity contribution >= 4 is 5.69 Å². The van der Waals surface area contributed by atoms with Gasteiger partial charge in [0.25, 0.3) is 0 Å². The number of unbranched alkanes of at least 4 members (excludes halogenated alkanes) is 3. The van der Waals surface area contributed by atoms with Crippen LogP contribution in [0.5, 0.6) is 5.75 Å². The molecule has 0 aliphatic rings. The lowest BCUT2D eigenvalue weighted by atomic mass is 10.2. The highest BCUT2D eigenvalue weighted by molar-refractivity contribution is 5.40. The van der Waals surface area contributed by atoms with Crippen molar-refractivity contribution in [1.29, 1.82) is 0 Å². The molecular formula is C16H27N3O2. The van der Waals surface area contributed by atoms with Crippen LogP contribution in [-0.4, -0.2) is 36.4 Å². The summed E-state index contributed by atoms with van der Waals surface area (Å²) in [5, 5.41) is 18.9. The number of hydrogen-bond acceptors (Lipinski definition) is 4. The first kappa shape index (κ1) is 17.4. The van der Waals surface area contributed by atoms with Gasteiger partial charge < -0.3 is 9.84 Å². The van der Waals surface area contributed by atoms with E-state index in [0.29, 0.717) is 6.61 Å². The van der Waals surface area contributed by atoms with Gasteiger partial charge in [0.15, 0.2) is 0 Å². The summed E-state index contributed by atoms with van der Waals surface area (Å²) >= 11 is 0. The van der Waals surface area contributed by atoms with E-state index in [1.54, 1.807) is 0 Å². The van der Waals surface area contributed by atoms with Crippen molar-refractivity contribution in [2.24, 2.45) is 10.3 Å². The topological polar surface area (TPSA) is 57.4 Å². The van der Waals surface area contributed by atoms with Crippen molar-refractivity contribution in [2.45, 2.75) is 39.5 Å². The molecule has 5 heteroatoms. The van der Waals surface area contributed by atoms with E-state index in [9.17, 15) is 0 Å². The van der Waals surface area contributed by atoms with E-state index in [1.165, 1.54) is 0 Å². The predicted octanol–water partition coefficient (Wildman–Crippen LogP) is 3.96. The molecule has 21 heavy (non-hydrogen) atoms. The molecule has 0 bridgehead atoms. The standard InChI is InChI=1S/C16H27N3O2/c1-3-19(4-2)18-17-15-9-11-16(12-10-15)21-14-8-6-5-7-13-20/h9-12,20H,3-8,13-14H2,1-2H3. The van der Waals surface area contributed by atoms with E-state index in [-0.39, 0.29) is 6.61 Å². The second-order valence-corrected chi connectivity index (χ2v) is 4.81. The fourth-order valence-electron chi connectivity index (χ4n) is 1.83. The minimum absolute atomic E-state index is 0.282. The van der Waals surface area contributed by atoms with Crippen LogP contribution in [0.4, 0.5) is 5.69 Å². The Bertz CT molecular complexity index is 389. The van der Waals surface area contributed by atoms with Gasteiger partial charge in [-0.25, -0.2) is 0 Å². The van der Waals surface area contributed by atoms with Gasteiger partial charge in [0, 0.05) is 19.7 Å². The second-order valence-electron chi connectivity index (χ2n) is 4.81. The van der Waals surface area contributed by atoms with Crippen LogP contribution in [0.25, 0.3) is 0 Å². The van der Waals surface area contributed by atoms with Crippen LogP contribution in [0.15, 0.2) is 34.6 Å². The highest BCUT2D eigenvalue weighted by Crippen LogP contribution is 2.19. The van der Waals surface area contributed by atoms with Crippen molar-refractivity contribution in [2.75, 3.05) is 26.3 Å². The second kappa shape index (κ2) is 11.1. The monoisotopic (exact) mass is 293 g/mol. The summed E-state index contributed by atoms with van der Waals surface area (Å²) in [6.07, 6.45) is 4.05. The Balaban J connectivity index is 2.30. The van der Waals surface area contributed by atoms with E-state index in [0.717, 1.165) is 50.2 Å². The van der Waals surface area contributed by atoms with Crippen LogP contribution in [-0.2, 0) is 0 Å². The Morgan fingerprint density at radius 1 is 1.00 bits per heavy atom. The molecule has 0 heterocycles. The molecule has 1 aromatic carbocycles. The van der Waals surface area contributed by atoms with E-state index in [2.05, 4.69) is 24.2 Å². The maximum atomic E-state index is 8.69. The van der Waals surface area contributed by atoms with Gasteiger partial charge in [-0.05, 0) is 57.4 Å². The van der Waals surface area contributed by atoms with Crippen LogP contribution in [0.3, 0.4) is 0 Å². The Morgan fingerprint density at radius 3 is 2.29 bits per heavy atom. The molecule has 118 valence electrons. The first-order chi connectivity index (χ1) is 10.3. The van der Waals surface area contributed by atoms with Crippen molar-refractivity contribution < 1.29 is 9.84 Å². The van der Waals surface area contributed by atoms with Crippen molar-refractivity contribution in [3.63, 3.8) is 0 Å².